The molecule has 0 atom stereocenters. The number of hydrogen-bond donors (Lipinski definition) is 1. The number of aromatic nitrogens is 1. The molecule has 0 aliphatic carbocycles. The Labute approximate surface area is 154 Å². The van der Waals surface area contributed by atoms with Gasteiger partial charge in [-0.3, -0.25) is 9.59 Å². The maximum Gasteiger partial charge on any atom is 0.230 e. The molecular weight excluding hydrogens is 354 g/mol. The molecule has 3 aromatic rings. The minimum atomic E-state index is -0.254. The molecule has 1 aliphatic heterocycles. The van der Waals surface area contributed by atoms with Crippen molar-refractivity contribution in [1.29, 1.82) is 0 Å². The van der Waals surface area contributed by atoms with E-state index in [1.165, 1.54) is 0 Å². The van der Waals surface area contributed by atoms with Crippen molar-refractivity contribution in [2.45, 2.75) is 19.3 Å². The SMILES string of the molecule is O=C(Cc1noc2ccccc12)Nc1cc(N2CCCC2=O)ccc1Cl. The molecule has 1 fully saturated rings. The number of para-hydroxylation sites is 1. The molecule has 4 rings (SSSR count). The van der Waals surface area contributed by atoms with Crippen LogP contribution >= 0.6 is 11.6 Å². The van der Waals surface area contributed by atoms with Crippen molar-refractivity contribution < 1.29 is 14.1 Å². The van der Waals surface area contributed by atoms with E-state index in [1.54, 1.807) is 29.2 Å². The Balaban J connectivity index is 1.53. The van der Waals surface area contributed by atoms with Gasteiger partial charge in [0, 0.05) is 24.0 Å². The van der Waals surface area contributed by atoms with Crippen molar-refractivity contribution in [3.63, 3.8) is 0 Å². The molecule has 1 N–H and O–H groups in total. The highest BCUT2D eigenvalue weighted by Gasteiger charge is 2.22. The lowest BCUT2D eigenvalue weighted by molar-refractivity contribution is -0.117. The molecule has 2 heterocycles. The van der Waals surface area contributed by atoms with Gasteiger partial charge in [-0.2, -0.15) is 0 Å². The van der Waals surface area contributed by atoms with E-state index in [4.69, 9.17) is 16.1 Å². The summed E-state index contributed by atoms with van der Waals surface area (Å²) < 4.78 is 5.22. The summed E-state index contributed by atoms with van der Waals surface area (Å²) in [6.07, 6.45) is 1.45. The molecule has 26 heavy (non-hydrogen) atoms. The third-order valence-corrected chi connectivity index (χ3v) is 4.72. The number of nitrogens with one attached hydrogen (secondary N) is 1. The lowest BCUT2D eigenvalue weighted by atomic mass is 10.1. The van der Waals surface area contributed by atoms with Crippen LogP contribution in [0.25, 0.3) is 11.0 Å². The van der Waals surface area contributed by atoms with E-state index in [2.05, 4.69) is 10.5 Å². The van der Waals surface area contributed by atoms with Crippen molar-refractivity contribution in [3.05, 3.63) is 53.2 Å². The van der Waals surface area contributed by atoms with E-state index in [-0.39, 0.29) is 18.2 Å². The van der Waals surface area contributed by atoms with Crippen molar-refractivity contribution in [2.75, 3.05) is 16.8 Å². The summed E-state index contributed by atoms with van der Waals surface area (Å²) in [7, 11) is 0. The standard InChI is InChI=1S/C19H16ClN3O3/c20-14-8-7-12(23-9-3-6-19(23)25)10-16(14)21-18(24)11-15-13-4-1-2-5-17(13)26-22-15/h1-2,4-5,7-8,10H,3,6,9,11H2,(H,21,24). The average molecular weight is 370 g/mol. The molecule has 6 nitrogen and oxygen atoms in total. The summed E-state index contributed by atoms with van der Waals surface area (Å²) in [6.45, 7) is 0.679. The van der Waals surface area contributed by atoms with E-state index < -0.39 is 0 Å². The summed E-state index contributed by atoms with van der Waals surface area (Å²) in [6, 6.07) is 12.6. The summed E-state index contributed by atoms with van der Waals surface area (Å²) in [5.41, 5.74) is 2.42. The smallest absolute Gasteiger partial charge is 0.230 e. The zero-order valence-electron chi connectivity index (χ0n) is 13.9. The molecule has 0 radical (unpaired) electrons. The number of carbonyl (C=O) groups is 2. The Bertz CT molecular complexity index is 999. The van der Waals surface area contributed by atoms with E-state index in [0.717, 1.165) is 17.5 Å². The lowest BCUT2D eigenvalue weighted by Crippen LogP contribution is -2.24. The van der Waals surface area contributed by atoms with E-state index in [9.17, 15) is 9.59 Å². The zero-order chi connectivity index (χ0) is 18.1. The fraction of sp³-hybridized carbons (Fsp3) is 0.211. The number of halogens is 1. The van der Waals surface area contributed by atoms with Gasteiger partial charge in [-0.1, -0.05) is 28.9 Å². The van der Waals surface area contributed by atoms with Gasteiger partial charge in [-0.15, -0.1) is 0 Å². The number of carbonyl (C=O) groups excluding carboxylic acids is 2. The minimum Gasteiger partial charge on any atom is -0.356 e. The summed E-state index contributed by atoms with van der Waals surface area (Å²) >= 11 is 6.21. The van der Waals surface area contributed by atoms with Crippen LogP contribution in [0.4, 0.5) is 11.4 Å². The van der Waals surface area contributed by atoms with Crippen LogP contribution in [-0.2, 0) is 16.0 Å². The molecule has 0 bridgehead atoms. The highest BCUT2D eigenvalue weighted by molar-refractivity contribution is 6.34. The number of amides is 2. The zero-order valence-corrected chi connectivity index (χ0v) is 14.6. The Kier molecular flexibility index (Phi) is 4.34. The third-order valence-electron chi connectivity index (χ3n) is 4.39. The van der Waals surface area contributed by atoms with Gasteiger partial charge in [0.1, 0.15) is 5.69 Å². The van der Waals surface area contributed by atoms with Crippen LogP contribution in [0, 0.1) is 0 Å². The van der Waals surface area contributed by atoms with Crippen molar-refractivity contribution in [3.8, 4) is 0 Å². The Morgan fingerprint density at radius 2 is 2.12 bits per heavy atom. The van der Waals surface area contributed by atoms with Gasteiger partial charge in [-0.25, -0.2) is 0 Å². The van der Waals surface area contributed by atoms with Crippen molar-refractivity contribution >= 4 is 45.8 Å². The number of benzene rings is 2. The van der Waals surface area contributed by atoms with Gasteiger partial charge in [0.15, 0.2) is 5.58 Å². The van der Waals surface area contributed by atoms with Crippen LogP contribution in [0.3, 0.4) is 0 Å². The molecule has 0 unspecified atom stereocenters. The maximum absolute atomic E-state index is 12.4. The second-order valence-corrected chi connectivity index (χ2v) is 6.57. The molecule has 1 aromatic heterocycles. The molecular formula is C19H16ClN3O3. The predicted molar refractivity (Wildman–Crippen MR) is 99.4 cm³/mol. The van der Waals surface area contributed by atoms with Gasteiger partial charge in [-0.05, 0) is 36.8 Å². The molecule has 1 saturated heterocycles. The van der Waals surface area contributed by atoms with Crippen LogP contribution < -0.4 is 10.2 Å². The number of nitrogens with zero attached hydrogens (tertiary/aromatic N) is 2. The maximum atomic E-state index is 12.4. The molecule has 2 amide bonds. The lowest BCUT2D eigenvalue weighted by Gasteiger charge is -2.17. The average Bonchev–Trinajstić information content (AvgIpc) is 3.24. The molecule has 0 saturated carbocycles. The Morgan fingerprint density at radius 3 is 2.92 bits per heavy atom. The summed E-state index contributed by atoms with van der Waals surface area (Å²) in [5, 5.41) is 8.00. The second kappa shape index (κ2) is 6.80. The van der Waals surface area contributed by atoms with Crippen LogP contribution in [-0.4, -0.2) is 23.5 Å². The highest BCUT2D eigenvalue weighted by atomic mass is 35.5. The van der Waals surface area contributed by atoms with Crippen LogP contribution in [0.15, 0.2) is 47.0 Å². The number of hydrogen-bond acceptors (Lipinski definition) is 4. The minimum absolute atomic E-state index is 0.0697. The van der Waals surface area contributed by atoms with Crippen LogP contribution in [0.2, 0.25) is 5.02 Å². The molecule has 1 aliphatic rings. The van der Waals surface area contributed by atoms with Crippen LogP contribution in [0.5, 0.6) is 0 Å². The third kappa shape index (κ3) is 3.15. The number of fused-ring (bicyclic) bond motifs is 1. The Hall–Kier alpha value is -2.86. The monoisotopic (exact) mass is 369 g/mol. The first-order valence-corrected chi connectivity index (χ1v) is 8.72. The van der Waals surface area contributed by atoms with E-state index in [0.29, 0.717) is 35.0 Å². The van der Waals surface area contributed by atoms with E-state index in [1.807, 2.05) is 18.2 Å². The largest absolute Gasteiger partial charge is 0.356 e. The van der Waals surface area contributed by atoms with Crippen molar-refractivity contribution in [1.82, 2.24) is 5.16 Å². The van der Waals surface area contributed by atoms with E-state index >= 15 is 0 Å². The van der Waals surface area contributed by atoms with Crippen molar-refractivity contribution in [2.24, 2.45) is 0 Å². The second-order valence-electron chi connectivity index (χ2n) is 6.16. The topological polar surface area (TPSA) is 75.4 Å². The fourth-order valence-corrected chi connectivity index (χ4v) is 3.27. The highest BCUT2D eigenvalue weighted by Crippen LogP contribution is 2.30. The van der Waals surface area contributed by atoms with Gasteiger partial charge in [0.25, 0.3) is 0 Å². The quantitative estimate of drug-likeness (QED) is 0.759. The van der Waals surface area contributed by atoms with Gasteiger partial charge in [0.05, 0.1) is 17.1 Å². The predicted octanol–water partition coefficient (Wildman–Crippen LogP) is 3.79. The first-order valence-electron chi connectivity index (χ1n) is 8.35. The summed E-state index contributed by atoms with van der Waals surface area (Å²) in [4.78, 5) is 26.1. The van der Waals surface area contributed by atoms with Gasteiger partial charge >= 0.3 is 0 Å². The first kappa shape index (κ1) is 16.6. The first-order chi connectivity index (χ1) is 12.6. The summed E-state index contributed by atoms with van der Waals surface area (Å²) in [5.74, 6) is -0.172. The fourth-order valence-electron chi connectivity index (χ4n) is 3.11. The Morgan fingerprint density at radius 1 is 1.27 bits per heavy atom. The molecule has 0 spiro atoms. The van der Waals surface area contributed by atoms with Gasteiger partial charge in [0.2, 0.25) is 11.8 Å². The van der Waals surface area contributed by atoms with Gasteiger partial charge < -0.3 is 14.7 Å². The van der Waals surface area contributed by atoms with Crippen LogP contribution in [0.1, 0.15) is 18.5 Å². The number of anilines is 2. The molecule has 132 valence electrons. The number of rotatable bonds is 4. The molecule has 7 heteroatoms. The normalized spacial score (nSPS) is 14.2. The molecule has 2 aromatic carbocycles.